The molecule has 0 atom stereocenters. The van der Waals surface area contributed by atoms with E-state index in [0.29, 0.717) is 11.0 Å². The third-order valence-corrected chi connectivity index (χ3v) is 1.95. The van der Waals surface area contributed by atoms with E-state index in [1.165, 1.54) is 4.52 Å². The van der Waals surface area contributed by atoms with Crippen LogP contribution in [0.1, 0.15) is 0 Å². The summed E-state index contributed by atoms with van der Waals surface area (Å²) >= 11 is 0. The fourth-order valence-electron chi connectivity index (χ4n) is 1.31. The van der Waals surface area contributed by atoms with Gasteiger partial charge in [0.15, 0.2) is 17.0 Å². The molecule has 0 amide bonds. The lowest BCUT2D eigenvalue weighted by Gasteiger charge is -1.88. The van der Waals surface area contributed by atoms with Crippen LogP contribution in [0, 0.1) is 0 Å². The second-order valence-electron chi connectivity index (χ2n) is 2.78. The van der Waals surface area contributed by atoms with Crippen molar-refractivity contribution in [3.8, 4) is 5.95 Å². The summed E-state index contributed by atoms with van der Waals surface area (Å²) in [7, 11) is 0. The predicted molar refractivity (Wildman–Crippen MR) is 42.2 cm³/mol. The van der Waals surface area contributed by atoms with Crippen molar-refractivity contribution in [2.24, 2.45) is 0 Å². The Kier molecular flexibility index (Phi) is 1.22. The third kappa shape index (κ3) is 0.792. The maximum Gasteiger partial charge on any atom is 0.401 e. The van der Waals surface area contributed by atoms with Crippen molar-refractivity contribution in [1.29, 1.82) is 0 Å². The van der Waals surface area contributed by atoms with Crippen LogP contribution >= 0.6 is 0 Å². The van der Waals surface area contributed by atoms with Gasteiger partial charge in [-0.05, 0) is 22.5 Å². The molecule has 0 radical (unpaired) electrons. The number of fused-ring (bicyclic) bond motifs is 3. The van der Waals surface area contributed by atoms with E-state index in [2.05, 4.69) is 20.0 Å². The van der Waals surface area contributed by atoms with E-state index in [4.69, 9.17) is 0 Å². The Morgan fingerprint density at radius 2 is 2.07 bits per heavy atom. The highest BCUT2D eigenvalue weighted by molar-refractivity contribution is 5.70. The van der Waals surface area contributed by atoms with E-state index in [9.17, 15) is 5.11 Å². The molecule has 0 aliphatic rings. The Bertz CT molecular complexity index is 619. The van der Waals surface area contributed by atoms with Gasteiger partial charge in [0.05, 0.1) is 5.10 Å². The number of para-hydroxylation sites is 1. The molecule has 68 valence electrons. The fourth-order valence-corrected chi connectivity index (χ4v) is 1.31. The highest BCUT2D eigenvalue weighted by atomic mass is 16.6. The lowest BCUT2D eigenvalue weighted by Crippen LogP contribution is -2.26. The van der Waals surface area contributed by atoms with E-state index in [-0.39, 0.29) is 5.65 Å². The average Bonchev–Trinajstić information content (AvgIpc) is 2.61. The summed E-state index contributed by atoms with van der Waals surface area (Å²) in [5.74, 6) is -0.580. The SMILES string of the molecule is [O-]c1on[n+]2c1nnc1ccccc12. The molecule has 0 aliphatic carbocycles. The Hall–Kier alpha value is -2.24. The molecule has 0 saturated carbocycles. The van der Waals surface area contributed by atoms with E-state index in [1.54, 1.807) is 12.1 Å². The predicted octanol–water partition coefficient (Wildman–Crippen LogP) is -0.570. The molecule has 0 N–H and O–H groups in total. The molecule has 3 rings (SSSR count). The number of aromatic nitrogens is 4. The first-order valence-electron chi connectivity index (χ1n) is 3.96. The normalized spacial score (nSPS) is 11.1. The standard InChI is InChI=1S/C8H4N4O2/c13-8-7-10-9-5-3-1-2-4-6(5)12(7)11-14-8/h1-4H. The maximum absolute atomic E-state index is 11.1. The topological polar surface area (TPSA) is 79.0 Å². The van der Waals surface area contributed by atoms with Crippen molar-refractivity contribution in [2.75, 3.05) is 0 Å². The van der Waals surface area contributed by atoms with Crippen molar-refractivity contribution in [2.45, 2.75) is 0 Å². The molecule has 2 heterocycles. The van der Waals surface area contributed by atoms with Gasteiger partial charge in [0, 0.05) is 0 Å². The molecule has 6 heteroatoms. The van der Waals surface area contributed by atoms with Crippen molar-refractivity contribution in [3.63, 3.8) is 0 Å². The van der Waals surface area contributed by atoms with E-state index in [0.717, 1.165) is 0 Å². The number of rotatable bonds is 0. The van der Waals surface area contributed by atoms with Crippen LogP contribution in [0.25, 0.3) is 16.7 Å². The molecule has 0 fully saturated rings. The van der Waals surface area contributed by atoms with Crippen LogP contribution in [0.5, 0.6) is 5.95 Å². The molecule has 6 nitrogen and oxygen atoms in total. The molecular weight excluding hydrogens is 184 g/mol. The Morgan fingerprint density at radius 3 is 3.00 bits per heavy atom. The zero-order valence-electron chi connectivity index (χ0n) is 6.91. The van der Waals surface area contributed by atoms with E-state index in [1.807, 2.05) is 12.1 Å². The van der Waals surface area contributed by atoms with Crippen LogP contribution < -0.4 is 9.62 Å². The van der Waals surface area contributed by atoms with Gasteiger partial charge in [0.2, 0.25) is 0 Å². The van der Waals surface area contributed by atoms with E-state index >= 15 is 0 Å². The third-order valence-electron chi connectivity index (χ3n) is 1.95. The Balaban J connectivity index is 2.61. The molecule has 0 aliphatic heterocycles. The first-order chi connectivity index (χ1) is 6.86. The Labute approximate surface area is 77.4 Å². The number of nitrogens with zero attached hydrogens (tertiary/aromatic N) is 4. The number of hydrogen-bond donors (Lipinski definition) is 0. The summed E-state index contributed by atoms with van der Waals surface area (Å²) in [6.45, 7) is 0. The smallest absolute Gasteiger partial charge is 0.401 e. The summed E-state index contributed by atoms with van der Waals surface area (Å²) in [4.78, 5) is 0. The lowest BCUT2D eigenvalue weighted by atomic mass is 10.3. The lowest BCUT2D eigenvalue weighted by molar-refractivity contribution is -0.570. The van der Waals surface area contributed by atoms with Gasteiger partial charge in [-0.15, -0.1) is 0 Å². The molecule has 0 saturated heterocycles. The van der Waals surface area contributed by atoms with Gasteiger partial charge >= 0.3 is 5.65 Å². The maximum atomic E-state index is 11.1. The second kappa shape index (κ2) is 2.38. The van der Waals surface area contributed by atoms with Gasteiger partial charge in [-0.25, -0.2) is 0 Å². The van der Waals surface area contributed by atoms with Crippen LogP contribution in [0.4, 0.5) is 0 Å². The van der Waals surface area contributed by atoms with Crippen LogP contribution in [0.15, 0.2) is 28.8 Å². The average molecular weight is 188 g/mol. The minimum absolute atomic E-state index is 0.101. The highest BCUT2D eigenvalue weighted by Gasteiger charge is 2.14. The van der Waals surface area contributed by atoms with E-state index < -0.39 is 5.95 Å². The molecule has 14 heavy (non-hydrogen) atoms. The van der Waals surface area contributed by atoms with Crippen LogP contribution in [-0.2, 0) is 0 Å². The molecular formula is C8H4N4O2. The fraction of sp³-hybridized carbons (Fsp3) is 0. The summed E-state index contributed by atoms with van der Waals surface area (Å²) < 4.78 is 5.82. The Morgan fingerprint density at radius 1 is 1.21 bits per heavy atom. The monoisotopic (exact) mass is 188 g/mol. The van der Waals surface area contributed by atoms with Gasteiger partial charge in [0.1, 0.15) is 0 Å². The van der Waals surface area contributed by atoms with Crippen LogP contribution in [0.2, 0.25) is 0 Å². The van der Waals surface area contributed by atoms with Crippen LogP contribution in [-0.4, -0.2) is 15.5 Å². The molecule has 2 aromatic heterocycles. The molecule has 1 aromatic carbocycles. The molecule has 0 unspecified atom stereocenters. The quantitative estimate of drug-likeness (QED) is 0.441. The van der Waals surface area contributed by atoms with Gasteiger partial charge in [-0.1, -0.05) is 16.6 Å². The minimum Gasteiger partial charge on any atom is -0.537 e. The van der Waals surface area contributed by atoms with Crippen molar-refractivity contribution in [3.05, 3.63) is 24.3 Å². The van der Waals surface area contributed by atoms with Gasteiger partial charge in [-0.3, -0.25) is 0 Å². The van der Waals surface area contributed by atoms with Crippen LogP contribution in [0.3, 0.4) is 0 Å². The summed E-state index contributed by atoms with van der Waals surface area (Å²) in [6, 6.07) is 7.24. The summed E-state index contributed by atoms with van der Waals surface area (Å²) in [5, 5.41) is 22.2. The van der Waals surface area contributed by atoms with Crippen molar-refractivity contribution >= 4 is 16.7 Å². The van der Waals surface area contributed by atoms with Gasteiger partial charge < -0.3 is 9.63 Å². The largest absolute Gasteiger partial charge is 0.537 e. The first-order valence-corrected chi connectivity index (χ1v) is 3.96. The summed E-state index contributed by atoms with van der Waals surface area (Å²) in [6.07, 6.45) is 0. The minimum atomic E-state index is -0.580. The molecule has 0 bridgehead atoms. The first kappa shape index (κ1) is 7.19. The number of hydrogen-bond acceptors (Lipinski definition) is 5. The van der Waals surface area contributed by atoms with Crippen molar-refractivity contribution in [1.82, 2.24) is 15.5 Å². The van der Waals surface area contributed by atoms with Gasteiger partial charge in [0.25, 0.3) is 0 Å². The second-order valence-corrected chi connectivity index (χ2v) is 2.78. The summed E-state index contributed by atoms with van der Waals surface area (Å²) in [5.41, 5.74) is 1.46. The zero-order valence-corrected chi connectivity index (χ0v) is 6.91. The molecule has 3 aromatic rings. The molecule has 0 spiro atoms. The van der Waals surface area contributed by atoms with Gasteiger partial charge in [-0.2, -0.15) is 0 Å². The van der Waals surface area contributed by atoms with Crippen molar-refractivity contribution < 1.29 is 14.1 Å². The zero-order chi connectivity index (χ0) is 9.54. The number of benzene rings is 1. The highest BCUT2D eigenvalue weighted by Crippen LogP contribution is 2.09.